The molecule has 2 N–H and O–H groups in total. The zero-order valence-electron chi connectivity index (χ0n) is 19.2. The normalized spacial score (nSPS) is 15.2. The number of anilines is 2. The maximum Gasteiger partial charge on any atom is 0.270 e. The van der Waals surface area contributed by atoms with E-state index >= 15 is 0 Å². The van der Waals surface area contributed by atoms with Crippen LogP contribution in [0, 0.1) is 10.1 Å². The highest BCUT2D eigenvalue weighted by molar-refractivity contribution is 7.93. The first-order chi connectivity index (χ1) is 17.5. The van der Waals surface area contributed by atoms with Gasteiger partial charge in [0, 0.05) is 55.6 Å². The van der Waals surface area contributed by atoms with E-state index in [2.05, 4.69) is 15.0 Å². The molecule has 1 saturated heterocycles. The van der Waals surface area contributed by atoms with Gasteiger partial charge in [-0.05, 0) is 30.3 Å². The van der Waals surface area contributed by atoms with Gasteiger partial charge < -0.3 is 5.32 Å². The van der Waals surface area contributed by atoms with Gasteiger partial charge >= 0.3 is 0 Å². The molecule has 0 saturated carbocycles. The second-order valence-corrected chi connectivity index (χ2v) is 12.5. The summed E-state index contributed by atoms with van der Waals surface area (Å²) in [5.41, 5.74) is 0.0999. The van der Waals surface area contributed by atoms with E-state index in [0.717, 1.165) is 17.4 Å². The summed E-state index contributed by atoms with van der Waals surface area (Å²) < 4.78 is 54.2. The smallest absolute Gasteiger partial charge is 0.270 e. The van der Waals surface area contributed by atoms with Crippen molar-refractivity contribution in [3.8, 4) is 0 Å². The molecule has 1 fully saturated rings. The molecule has 0 bridgehead atoms. The van der Waals surface area contributed by atoms with Crippen molar-refractivity contribution in [2.75, 3.05) is 42.8 Å². The summed E-state index contributed by atoms with van der Waals surface area (Å²) in [5, 5.41) is 15.6. The minimum absolute atomic E-state index is 0.0103. The first-order valence-corrected chi connectivity index (χ1v) is 14.6. The van der Waals surface area contributed by atoms with Gasteiger partial charge in [-0.2, -0.15) is 4.31 Å². The Labute approximate surface area is 217 Å². The van der Waals surface area contributed by atoms with Crippen LogP contribution in [0.4, 0.5) is 16.5 Å². The Morgan fingerprint density at radius 1 is 1.03 bits per heavy atom. The molecule has 1 aromatic heterocycles. The fourth-order valence-electron chi connectivity index (χ4n) is 3.60. The zero-order chi connectivity index (χ0) is 26.6. The minimum atomic E-state index is -3.91. The molecule has 16 heteroatoms. The van der Waals surface area contributed by atoms with Crippen molar-refractivity contribution in [1.82, 2.24) is 14.2 Å². The predicted octanol–water partition coefficient (Wildman–Crippen LogP) is 1.80. The van der Waals surface area contributed by atoms with E-state index in [1.54, 1.807) is 10.3 Å². The lowest BCUT2D eigenvalue weighted by atomic mass is 10.3. The molecular formula is C21H22N6O7S3. The van der Waals surface area contributed by atoms with Crippen molar-refractivity contribution < 1.29 is 26.6 Å². The van der Waals surface area contributed by atoms with Gasteiger partial charge in [0.05, 0.1) is 21.3 Å². The van der Waals surface area contributed by atoms with Gasteiger partial charge in [-0.15, -0.1) is 11.3 Å². The quantitative estimate of drug-likeness (QED) is 0.289. The maximum atomic E-state index is 12.9. The van der Waals surface area contributed by atoms with Crippen LogP contribution in [0.2, 0.25) is 0 Å². The first kappa shape index (κ1) is 26.6. The van der Waals surface area contributed by atoms with Crippen molar-refractivity contribution in [3.63, 3.8) is 0 Å². The molecule has 13 nitrogen and oxygen atoms in total. The fourth-order valence-corrected chi connectivity index (χ4v) is 6.85. The van der Waals surface area contributed by atoms with E-state index in [0.29, 0.717) is 18.8 Å². The Balaban J connectivity index is 1.29. The standard InChI is InChI=1S/C21H22N6O7S3/c28-20(23-16-4-6-18(7-5-16)36(31,32)24-21-22-8-13-35-21)15-25-9-11-26(12-10-25)37(33,34)19-3-1-2-17(14-19)27(29)30/h1-8,13-14H,9-12,15H2,(H,22,24)(H,23,28). The molecule has 0 atom stereocenters. The van der Waals surface area contributed by atoms with Gasteiger partial charge in [0.2, 0.25) is 15.9 Å². The Morgan fingerprint density at radius 2 is 1.73 bits per heavy atom. The van der Waals surface area contributed by atoms with E-state index in [9.17, 15) is 31.7 Å². The highest BCUT2D eigenvalue weighted by atomic mass is 32.2. The second-order valence-electron chi connectivity index (χ2n) is 7.95. The highest BCUT2D eigenvalue weighted by Gasteiger charge is 2.30. The number of hydrogen-bond donors (Lipinski definition) is 2. The summed E-state index contributed by atoms with van der Waals surface area (Å²) in [6.07, 6.45) is 1.48. The van der Waals surface area contributed by atoms with Crippen LogP contribution in [0.3, 0.4) is 0 Å². The number of nitro groups is 1. The predicted molar refractivity (Wildman–Crippen MR) is 136 cm³/mol. The number of nitro benzene ring substituents is 1. The SMILES string of the molecule is O=C(CN1CCN(S(=O)(=O)c2cccc([N+](=O)[O-])c2)CC1)Nc1ccc(S(=O)(=O)Nc2nccs2)cc1. The molecule has 3 aromatic rings. The number of thiazole rings is 1. The summed E-state index contributed by atoms with van der Waals surface area (Å²) in [4.78, 5) is 28.3. The van der Waals surface area contributed by atoms with Gasteiger partial charge in [-0.3, -0.25) is 24.5 Å². The molecule has 2 heterocycles. The third kappa shape index (κ3) is 6.47. The Kier molecular flexibility index (Phi) is 7.84. The third-order valence-corrected chi connectivity index (χ3v) is 9.53. The van der Waals surface area contributed by atoms with Crippen molar-refractivity contribution in [3.05, 3.63) is 70.2 Å². The van der Waals surface area contributed by atoms with Gasteiger partial charge in [0.25, 0.3) is 15.7 Å². The van der Waals surface area contributed by atoms with E-state index in [-0.39, 0.29) is 46.2 Å². The molecule has 196 valence electrons. The summed E-state index contributed by atoms with van der Waals surface area (Å²) in [7, 11) is -7.71. The fraction of sp³-hybridized carbons (Fsp3) is 0.238. The average molecular weight is 567 g/mol. The summed E-state index contributed by atoms with van der Waals surface area (Å²) >= 11 is 1.15. The maximum absolute atomic E-state index is 12.9. The van der Waals surface area contributed by atoms with E-state index in [1.807, 2.05) is 0 Å². The van der Waals surface area contributed by atoms with Crippen molar-refractivity contribution >= 4 is 53.8 Å². The second kappa shape index (κ2) is 10.9. The molecule has 1 amide bonds. The largest absolute Gasteiger partial charge is 0.325 e. The molecule has 0 unspecified atom stereocenters. The molecule has 1 aliphatic heterocycles. The Hall–Kier alpha value is -3.44. The topological polar surface area (TPSA) is 172 Å². The molecule has 0 aliphatic carbocycles. The van der Waals surface area contributed by atoms with Crippen LogP contribution in [-0.4, -0.2) is 74.6 Å². The summed E-state index contributed by atoms with van der Waals surface area (Å²) in [6, 6.07) is 10.6. The lowest BCUT2D eigenvalue weighted by Crippen LogP contribution is -2.50. The lowest BCUT2D eigenvalue weighted by Gasteiger charge is -2.33. The van der Waals surface area contributed by atoms with Crippen LogP contribution >= 0.6 is 11.3 Å². The van der Waals surface area contributed by atoms with E-state index in [4.69, 9.17) is 0 Å². The van der Waals surface area contributed by atoms with Crippen LogP contribution in [0.5, 0.6) is 0 Å². The average Bonchev–Trinajstić information content (AvgIpc) is 3.37. The first-order valence-electron chi connectivity index (χ1n) is 10.8. The molecule has 2 aromatic carbocycles. The Bertz CT molecular complexity index is 1490. The molecule has 1 aliphatic rings. The van der Waals surface area contributed by atoms with Crippen LogP contribution in [0.25, 0.3) is 0 Å². The van der Waals surface area contributed by atoms with Crippen LogP contribution < -0.4 is 10.0 Å². The van der Waals surface area contributed by atoms with Crippen LogP contribution in [0.1, 0.15) is 0 Å². The van der Waals surface area contributed by atoms with Crippen LogP contribution in [-0.2, 0) is 24.8 Å². The lowest BCUT2D eigenvalue weighted by molar-refractivity contribution is -0.385. The highest BCUT2D eigenvalue weighted by Crippen LogP contribution is 2.22. The van der Waals surface area contributed by atoms with Gasteiger partial charge in [-0.25, -0.2) is 21.8 Å². The van der Waals surface area contributed by atoms with Crippen molar-refractivity contribution in [2.45, 2.75) is 9.79 Å². The molecule has 37 heavy (non-hydrogen) atoms. The minimum Gasteiger partial charge on any atom is -0.325 e. The third-order valence-electron chi connectivity index (χ3n) is 5.47. The summed E-state index contributed by atoms with van der Waals surface area (Å²) in [5.74, 6) is -0.341. The van der Waals surface area contributed by atoms with E-state index in [1.165, 1.54) is 53.0 Å². The number of carbonyl (C=O) groups excluding carboxylic acids is 1. The van der Waals surface area contributed by atoms with Gasteiger partial charge in [0.1, 0.15) is 0 Å². The number of amides is 1. The number of non-ortho nitro benzene ring substituents is 1. The summed E-state index contributed by atoms with van der Waals surface area (Å²) in [6.45, 7) is 0.840. The van der Waals surface area contributed by atoms with E-state index < -0.39 is 25.0 Å². The van der Waals surface area contributed by atoms with Crippen LogP contribution in [0.15, 0.2) is 69.9 Å². The number of nitrogens with one attached hydrogen (secondary N) is 2. The molecule has 0 spiro atoms. The Morgan fingerprint density at radius 3 is 2.35 bits per heavy atom. The number of carbonyl (C=O) groups is 1. The zero-order valence-corrected chi connectivity index (χ0v) is 21.6. The number of hydrogen-bond acceptors (Lipinski definition) is 10. The van der Waals surface area contributed by atoms with Gasteiger partial charge in [0.15, 0.2) is 5.13 Å². The number of nitrogens with zero attached hydrogens (tertiary/aromatic N) is 4. The number of sulfonamides is 2. The van der Waals surface area contributed by atoms with Gasteiger partial charge in [-0.1, -0.05) is 6.07 Å². The number of aromatic nitrogens is 1. The number of rotatable bonds is 9. The molecule has 4 rings (SSSR count). The number of piperazine rings is 1. The van der Waals surface area contributed by atoms with Crippen molar-refractivity contribution in [1.29, 1.82) is 0 Å². The van der Waals surface area contributed by atoms with Crippen molar-refractivity contribution in [2.24, 2.45) is 0 Å². The molecule has 0 radical (unpaired) electrons. The number of benzene rings is 2. The molecular weight excluding hydrogens is 544 g/mol. The monoisotopic (exact) mass is 566 g/mol.